The molecule has 1 rings (SSSR count). The Morgan fingerprint density at radius 1 is 1.20 bits per heavy atom. The normalized spacial score (nSPS) is 11.8. The monoisotopic (exact) mass is 277 g/mol. The quantitative estimate of drug-likeness (QED) is 0.729. The van der Waals surface area contributed by atoms with E-state index in [0.29, 0.717) is 12.8 Å². The predicted molar refractivity (Wildman–Crippen MR) is 78.5 cm³/mol. The molecule has 0 aromatic heterocycles. The van der Waals surface area contributed by atoms with Crippen molar-refractivity contribution in [1.29, 1.82) is 0 Å². The maximum absolute atomic E-state index is 11.7. The number of hydrogen-bond acceptors (Lipinski definition) is 2. The first kappa shape index (κ1) is 16.2. The molecule has 0 bridgehead atoms. The van der Waals surface area contributed by atoms with Gasteiger partial charge in [0.05, 0.1) is 0 Å². The number of carboxylic acids is 1. The fourth-order valence-electron chi connectivity index (χ4n) is 2.03. The molecule has 0 aliphatic rings. The SMILES string of the molecule is CCCCC(NC(=O)CCCc1ccccc1)C(=O)O. The molecular weight excluding hydrogens is 254 g/mol. The van der Waals surface area contributed by atoms with Crippen LogP contribution < -0.4 is 5.32 Å². The fourth-order valence-corrected chi connectivity index (χ4v) is 2.03. The summed E-state index contributed by atoms with van der Waals surface area (Å²) in [5, 5.41) is 11.6. The van der Waals surface area contributed by atoms with Gasteiger partial charge in [-0.05, 0) is 24.8 Å². The zero-order chi connectivity index (χ0) is 14.8. The van der Waals surface area contributed by atoms with Crippen molar-refractivity contribution in [2.45, 2.75) is 51.5 Å². The molecular formula is C16H23NO3. The molecule has 1 amide bonds. The van der Waals surface area contributed by atoms with E-state index < -0.39 is 12.0 Å². The Labute approximate surface area is 120 Å². The van der Waals surface area contributed by atoms with Crippen molar-refractivity contribution in [3.05, 3.63) is 35.9 Å². The Morgan fingerprint density at radius 3 is 2.50 bits per heavy atom. The number of unbranched alkanes of at least 4 members (excludes halogenated alkanes) is 1. The number of nitrogens with one attached hydrogen (secondary N) is 1. The molecule has 0 radical (unpaired) electrons. The lowest BCUT2D eigenvalue weighted by molar-refractivity contribution is -0.142. The van der Waals surface area contributed by atoms with E-state index in [4.69, 9.17) is 5.11 Å². The molecule has 0 saturated carbocycles. The summed E-state index contributed by atoms with van der Waals surface area (Å²) < 4.78 is 0. The summed E-state index contributed by atoms with van der Waals surface area (Å²) >= 11 is 0. The second-order valence-electron chi connectivity index (χ2n) is 4.94. The number of carboxylic acid groups (broad SMARTS) is 1. The molecule has 1 aromatic rings. The summed E-state index contributed by atoms with van der Waals surface area (Å²) in [5.41, 5.74) is 1.20. The molecule has 0 aliphatic carbocycles. The molecule has 1 atom stereocenters. The third-order valence-electron chi connectivity index (χ3n) is 3.19. The van der Waals surface area contributed by atoms with E-state index in [1.54, 1.807) is 0 Å². The molecule has 0 fully saturated rings. The highest BCUT2D eigenvalue weighted by molar-refractivity contribution is 5.83. The number of hydrogen-bond donors (Lipinski definition) is 2. The molecule has 4 nitrogen and oxygen atoms in total. The lowest BCUT2D eigenvalue weighted by atomic mass is 10.1. The van der Waals surface area contributed by atoms with E-state index in [2.05, 4.69) is 5.32 Å². The number of benzene rings is 1. The van der Waals surface area contributed by atoms with Crippen LogP contribution in [0.3, 0.4) is 0 Å². The number of carbonyl (C=O) groups excluding carboxylic acids is 1. The van der Waals surface area contributed by atoms with E-state index in [1.165, 1.54) is 5.56 Å². The van der Waals surface area contributed by atoms with Crippen LogP contribution in [0.2, 0.25) is 0 Å². The molecule has 2 N–H and O–H groups in total. The van der Waals surface area contributed by atoms with Gasteiger partial charge in [0, 0.05) is 6.42 Å². The second-order valence-corrected chi connectivity index (χ2v) is 4.94. The molecule has 0 aliphatic heterocycles. The highest BCUT2D eigenvalue weighted by Gasteiger charge is 2.18. The molecule has 1 unspecified atom stereocenters. The van der Waals surface area contributed by atoms with Crippen molar-refractivity contribution in [2.75, 3.05) is 0 Å². The molecule has 0 heterocycles. The van der Waals surface area contributed by atoms with Crippen molar-refractivity contribution >= 4 is 11.9 Å². The first-order valence-corrected chi connectivity index (χ1v) is 7.19. The van der Waals surface area contributed by atoms with Gasteiger partial charge in [-0.1, -0.05) is 50.1 Å². The van der Waals surface area contributed by atoms with Gasteiger partial charge in [-0.3, -0.25) is 4.79 Å². The average molecular weight is 277 g/mol. The lowest BCUT2D eigenvalue weighted by Gasteiger charge is -2.14. The zero-order valence-corrected chi connectivity index (χ0v) is 12.0. The van der Waals surface area contributed by atoms with Crippen molar-refractivity contribution in [1.82, 2.24) is 5.32 Å². The largest absolute Gasteiger partial charge is 0.480 e. The minimum absolute atomic E-state index is 0.176. The molecule has 0 saturated heterocycles. The van der Waals surface area contributed by atoms with Crippen LogP contribution in [0.4, 0.5) is 0 Å². The van der Waals surface area contributed by atoms with Gasteiger partial charge < -0.3 is 10.4 Å². The van der Waals surface area contributed by atoms with Gasteiger partial charge in [0.25, 0.3) is 0 Å². The van der Waals surface area contributed by atoms with Crippen LogP contribution in [0.5, 0.6) is 0 Å². The standard InChI is InChI=1S/C16H23NO3/c1-2-3-11-14(16(19)20)17-15(18)12-7-10-13-8-5-4-6-9-13/h4-6,8-9,14H,2-3,7,10-12H2,1H3,(H,17,18)(H,19,20). The first-order valence-electron chi connectivity index (χ1n) is 7.19. The van der Waals surface area contributed by atoms with Gasteiger partial charge in [-0.2, -0.15) is 0 Å². The number of amides is 1. The van der Waals surface area contributed by atoms with E-state index in [9.17, 15) is 9.59 Å². The Morgan fingerprint density at radius 2 is 1.90 bits per heavy atom. The first-order chi connectivity index (χ1) is 9.63. The Kier molecular flexibility index (Phi) is 7.40. The minimum atomic E-state index is -0.949. The lowest BCUT2D eigenvalue weighted by Crippen LogP contribution is -2.40. The zero-order valence-electron chi connectivity index (χ0n) is 12.0. The Bertz CT molecular complexity index is 417. The smallest absolute Gasteiger partial charge is 0.326 e. The van der Waals surface area contributed by atoms with E-state index in [-0.39, 0.29) is 5.91 Å². The molecule has 20 heavy (non-hydrogen) atoms. The minimum Gasteiger partial charge on any atom is -0.480 e. The molecule has 4 heteroatoms. The molecule has 110 valence electrons. The highest BCUT2D eigenvalue weighted by Crippen LogP contribution is 2.06. The van der Waals surface area contributed by atoms with E-state index in [1.807, 2.05) is 37.3 Å². The second kappa shape index (κ2) is 9.13. The third-order valence-corrected chi connectivity index (χ3v) is 3.19. The van der Waals surface area contributed by atoms with Crippen LogP contribution in [0, 0.1) is 0 Å². The average Bonchev–Trinajstić information content (AvgIpc) is 2.44. The van der Waals surface area contributed by atoms with Gasteiger partial charge in [0.15, 0.2) is 0 Å². The van der Waals surface area contributed by atoms with Crippen LogP contribution in [0.1, 0.15) is 44.6 Å². The van der Waals surface area contributed by atoms with Gasteiger partial charge in [0.1, 0.15) is 6.04 Å². The summed E-state index contributed by atoms with van der Waals surface area (Å²) in [5.74, 6) is -1.13. The summed E-state index contributed by atoms with van der Waals surface area (Å²) in [6, 6.07) is 9.21. The van der Waals surface area contributed by atoms with Gasteiger partial charge >= 0.3 is 5.97 Å². The summed E-state index contributed by atoms with van der Waals surface area (Å²) in [6.45, 7) is 2.00. The van der Waals surface area contributed by atoms with Crippen molar-refractivity contribution in [2.24, 2.45) is 0 Å². The highest BCUT2D eigenvalue weighted by atomic mass is 16.4. The van der Waals surface area contributed by atoms with E-state index >= 15 is 0 Å². The maximum atomic E-state index is 11.7. The topological polar surface area (TPSA) is 66.4 Å². The summed E-state index contributed by atoms with van der Waals surface area (Å²) in [6.07, 6.45) is 4.16. The van der Waals surface area contributed by atoms with E-state index in [0.717, 1.165) is 25.7 Å². The fraction of sp³-hybridized carbons (Fsp3) is 0.500. The molecule has 0 spiro atoms. The van der Waals surface area contributed by atoms with Crippen molar-refractivity contribution in [3.8, 4) is 0 Å². The van der Waals surface area contributed by atoms with Crippen molar-refractivity contribution in [3.63, 3.8) is 0 Å². The van der Waals surface area contributed by atoms with Crippen LogP contribution in [0.25, 0.3) is 0 Å². The van der Waals surface area contributed by atoms with Crippen LogP contribution in [0.15, 0.2) is 30.3 Å². The summed E-state index contributed by atoms with van der Waals surface area (Å²) in [4.78, 5) is 22.8. The number of aliphatic carboxylic acids is 1. The summed E-state index contributed by atoms with van der Waals surface area (Å²) in [7, 11) is 0. The van der Waals surface area contributed by atoms with Crippen molar-refractivity contribution < 1.29 is 14.7 Å². The Hall–Kier alpha value is -1.84. The molecule has 1 aromatic carbocycles. The van der Waals surface area contributed by atoms with Crippen LogP contribution >= 0.6 is 0 Å². The number of carbonyl (C=O) groups is 2. The van der Waals surface area contributed by atoms with Crippen LogP contribution in [-0.4, -0.2) is 23.0 Å². The van der Waals surface area contributed by atoms with Gasteiger partial charge in [-0.25, -0.2) is 4.79 Å². The van der Waals surface area contributed by atoms with Crippen LogP contribution in [-0.2, 0) is 16.0 Å². The third kappa shape index (κ3) is 6.36. The number of aryl methyl sites for hydroxylation is 1. The number of rotatable bonds is 9. The van der Waals surface area contributed by atoms with Gasteiger partial charge in [0.2, 0.25) is 5.91 Å². The van der Waals surface area contributed by atoms with Gasteiger partial charge in [-0.15, -0.1) is 0 Å². The predicted octanol–water partition coefficient (Wildman–Crippen LogP) is 2.77. The Balaban J connectivity index is 2.29. The maximum Gasteiger partial charge on any atom is 0.326 e.